The summed E-state index contributed by atoms with van der Waals surface area (Å²) in [6, 6.07) is 3.19. The molecule has 0 fully saturated rings. The standard InChI is InChI=1S/C14H12ClF3O/c1-7-10-6-11(8(2)19)12(14(16,17)18)5-9(10)3-4-13(7)15/h3-4,6,12H,5H2,1-2H3. The Labute approximate surface area is 114 Å². The van der Waals surface area contributed by atoms with Gasteiger partial charge >= 0.3 is 6.18 Å². The molecule has 1 aromatic rings. The van der Waals surface area contributed by atoms with Gasteiger partial charge in [0.2, 0.25) is 0 Å². The number of halogens is 4. The number of hydrogen-bond acceptors (Lipinski definition) is 1. The highest BCUT2D eigenvalue weighted by Gasteiger charge is 2.45. The van der Waals surface area contributed by atoms with Crippen LogP contribution in [0.25, 0.3) is 6.08 Å². The fourth-order valence-corrected chi connectivity index (χ4v) is 2.53. The number of rotatable bonds is 1. The van der Waals surface area contributed by atoms with E-state index in [0.717, 1.165) is 6.92 Å². The number of carbonyl (C=O) groups is 1. The molecule has 0 aromatic heterocycles. The van der Waals surface area contributed by atoms with E-state index in [9.17, 15) is 18.0 Å². The van der Waals surface area contributed by atoms with Gasteiger partial charge in [-0.2, -0.15) is 13.2 Å². The van der Waals surface area contributed by atoms with E-state index in [0.29, 0.717) is 21.7 Å². The Kier molecular flexibility index (Phi) is 3.47. The lowest BCUT2D eigenvalue weighted by molar-refractivity contribution is -0.165. The molecule has 1 nitrogen and oxygen atoms in total. The highest BCUT2D eigenvalue weighted by atomic mass is 35.5. The number of Topliss-reactive ketones (excluding diaryl/α,β-unsaturated/α-hetero) is 1. The Morgan fingerprint density at radius 2 is 2.00 bits per heavy atom. The van der Waals surface area contributed by atoms with Crippen molar-refractivity contribution in [2.24, 2.45) is 5.92 Å². The van der Waals surface area contributed by atoms with Gasteiger partial charge in [0.1, 0.15) is 0 Å². The van der Waals surface area contributed by atoms with Crippen LogP contribution in [-0.4, -0.2) is 12.0 Å². The maximum Gasteiger partial charge on any atom is 0.396 e. The van der Waals surface area contributed by atoms with Crippen molar-refractivity contribution in [1.82, 2.24) is 0 Å². The predicted molar refractivity (Wildman–Crippen MR) is 68.1 cm³/mol. The van der Waals surface area contributed by atoms with E-state index in [1.165, 1.54) is 6.08 Å². The zero-order valence-electron chi connectivity index (χ0n) is 10.4. The van der Waals surface area contributed by atoms with Crippen molar-refractivity contribution in [3.8, 4) is 0 Å². The first-order valence-electron chi connectivity index (χ1n) is 5.79. The first kappa shape index (κ1) is 14.1. The van der Waals surface area contributed by atoms with Gasteiger partial charge in [0.25, 0.3) is 0 Å². The summed E-state index contributed by atoms with van der Waals surface area (Å²) in [6.07, 6.45) is -3.29. The molecule has 1 aromatic carbocycles. The molecule has 1 aliphatic carbocycles. The van der Waals surface area contributed by atoms with E-state index in [1.807, 2.05) is 0 Å². The van der Waals surface area contributed by atoms with Crippen molar-refractivity contribution in [1.29, 1.82) is 0 Å². The molecule has 0 bridgehead atoms. The number of fused-ring (bicyclic) bond motifs is 1. The highest BCUT2D eigenvalue weighted by molar-refractivity contribution is 6.31. The molecule has 0 aliphatic heterocycles. The molecule has 102 valence electrons. The molecule has 1 atom stereocenters. The SMILES string of the molecule is CC(=O)C1=Cc2c(ccc(Cl)c2C)CC1C(F)(F)F. The smallest absolute Gasteiger partial charge is 0.295 e. The van der Waals surface area contributed by atoms with Crippen molar-refractivity contribution in [2.75, 3.05) is 0 Å². The minimum absolute atomic E-state index is 0.189. The lowest BCUT2D eigenvalue weighted by atomic mass is 9.80. The van der Waals surface area contributed by atoms with Gasteiger partial charge < -0.3 is 0 Å². The minimum atomic E-state index is -4.41. The molecule has 0 amide bonds. The van der Waals surface area contributed by atoms with E-state index in [-0.39, 0.29) is 12.0 Å². The molecule has 0 saturated heterocycles. The summed E-state index contributed by atoms with van der Waals surface area (Å²) in [4.78, 5) is 11.5. The van der Waals surface area contributed by atoms with E-state index in [2.05, 4.69) is 0 Å². The van der Waals surface area contributed by atoms with Crippen LogP contribution in [0.4, 0.5) is 13.2 Å². The monoisotopic (exact) mass is 288 g/mol. The van der Waals surface area contributed by atoms with Gasteiger partial charge in [0.15, 0.2) is 5.78 Å². The topological polar surface area (TPSA) is 17.1 Å². The first-order valence-corrected chi connectivity index (χ1v) is 6.17. The molecule has 0 heterocycles. The highest BCUT2D eigenvalue weighted by Crippen LogP contribution is 2.41. The molecule has 0 N–H and O–H groups in total. The summed E-state index contributed by atoms with van der Waals surface area (Å²) in [7, 11) is 0. The second-order valence-corrected chi connectivity index (χ2v) is 5.11. The molecule has 5 heteroatoms. The molecule has 0 radical (unpaired) electrons. The molecule has 1 aliphatic rings. The zero-order valence-corrected chi connectivity index (χ0v) is 11.2. The quantitative estimate of drug-likeness (QED) is 0.750. The molecular formula is C14H12ClF3O. The zero-order chi connectivity index (χ0) is 14.4. The number of carbonyl (C=O) groups excluding carboxylic acids is 1. The molecule has 2 rings (SSSR count). The van der Waals surface area contributed by atoms with Crippen LogP contribution >= 0.6 is 11.6 Å². The summed E-state index contributed by atoms with van der Waals surface area (Å²) in [5, 5.41) is 0.489. The third-order valence-corrected chi connectivity index (χ3v) is 3.85. The fourth-order valence-electron chi connectivity index (χ4n) is 2.36. The van der Waals surface area contributed by atoms with Crippen LogP contribution < -0.4 is 0 Å². The minimum Gasteiger partial charge on any atom is -0.295 e. The number of ketones is 1. The Hall–Kier alpha value is -1.29. The Morgan fingerprint density at radius 1 is 1.37 bits per heavy atom. The Balaban J connectivity index is 2.61. The average molecular weight is 289 g/mol. The van der Waals surface area contributed by atoms with Gasteiger partial charge in [0.05, 0.1) is 5.92 Å². The normalized spacial score (nSPS) is 18.8. The van der Waals surface area contributed by atoms with Crippen molar-refractivity contribution >= 4 is 23.5 Å². The lowest BCUT2D eigenvalue weighted by Gasteiger charge is -2.27. The van der Waals surface area contributed by atoms with Crippen LogP contribution in [0.3, 0.4) is 0 Å². The second kappa shape index (κ2) is 4.67. The van der Waals surface area contributed by atoms with Crippen LogP contribution in [0.15, 0.2) is 17.7 Å². The molecule has 0 spiro atoms. The van der Waals surface area contributed by atoms with Crippen molar-refractivity contribution in [3.05, 3.63) is 39.4 Å². The summed E-state index contributed by atoms with van der Waals surface area (Å²) >= 11 is 5.96. The van der Waals surface area contributed by atoms with Gasteiger partial charge in [-0.05, 0) is 49.1 Å². The van der Waals surface area contributed by atoms with Crippen molar-refractivity contribution in [2.45, 2.75) is 26.4 Å². The third kappa shape index (κ3) is 2.54. The van der Waals surface area contributed by atoms with Crippen LogP contribution in [0.5, 0.6) is 0 Å². The van der Waals surface area contributed by atoms with E-state index in [4.69, 9.17) is 11.6 Å². The fraction of sp³-hybridized carbons (Fsp3) is 0.357. The first-order chi connectivity index (χ1) is 8.71. The van der Waals surface area contributed by atoms with Crippen LogP contribution in [0, 0.1) is 12.8 Å². The predicted octanol–water partition coefficient (Wildman–Crippen LogP) is 4.36. The number of allylic oxidation sites excluding steroid dienone is 1. The van der Waals surface area contributed by atoms with Crippen molar-refractivity contribution in [3.63, 3.8) is 0 Å². The second-order valence-electron chi connectivity index (χ2n) is 4.70. The number of alkyl halides is 3. The van der Waals surface area contributed by atoms with Gasteiger partial charge in [-0.3, -0.25) is 4.79 Å². The van der Waals surface area contributed by atoms with E-state index in [1.54, 1.807) is 19.1 Å². The number of benzene rings is 1. The molecule has 1 unspecified atom stereocenters. The largest absolute Gasteiger partial charge is 0.396 e. The summed E-state index contributed by atoms with van der Waals surface area (Å²) < 4.78 is 39.0. The van der Waals surface area contributed by atoms with Crippen LogP contribution in [0.1, 0.15) is 23.6 Å². The lowest BCUT2D eigenvalue weighted by Crippen LogP contribution is -2.31. The Bertz CT molecular complexity index is 573. The van der Waals surface area contributed by atoms with Crippen LogP contribution in [-0.2, 0) is 11.2 Å². The van der Waals surface area contributed by atoms with E-state index >= 15 is 0 Å². The van der Waals surface area contributed by atoms with Crippen molar-refractivity contribution < 1.29 is 18.0 Å². The summed E-state index contributed by atoms with van der Waals surface area (Å²) in [5.74, 6) is -2.27. The number of hydrogen-bond donors (Lipinski definition) is 0. The Morgan fingerprint density at radius 3 is 2.53 bits per heavy atom. The van der Waals surface area contributed by atoms with E-state index < -0.39 is 17.9 Å². The molecule has 19 heavy (non-hydrogen) atoms. The van der Waals surface area contributed by atoms with Crippen LogP contribution in [0.2, 0.25) is 5.02 Å². The average Bonchev–Trinajstić information content (AvgIpc) is 2.31. The van der Waals surface area contributed by atoms with Gasteiger partial charge in [-0.1, -0.05) is 17.7 Å². The van der Waals surface area contributed by atoms with Gasteiger partial charge in [0, 0.05) is 10.6 Å². The third-order valence-electron chi connectivity index (χ3n) is 3.44. The van der Waals surface area contributed by atoms with Gasteiger partial charge in [-0.15, -0.1) is 0 Å². The van der Waals surface area contributed by atoms with Gasteiger partial charge in [-0.25, -0.2) is 0 Å². The maximum atomic E-state index is 13.0. The summed E-state index contributed by atoms with van der Waals surface area (Å²) in [6.45, 7) is 2.90. The molecular weight excluding hydrogens is 277 g/mol. The summed E-state index contributed by atoms with van der Waals surface area (Å²) in [5.41, 5.74) is 1.73. The maximum absolute atomic E-state index is 13.0. The molecule has 0 saturated carbocycles.